The van der Waals surface area contributed by atoms with Crippen molar-refractivity contribution < 1.29 is 4.48 Å². The van der Waals surface area contributed by atoms with Crippen LogP contribution in [0, 0.1) is 5.41 Å². The highest BCUT2D eigenvalue weighted by molar-refractivity contribution is 5.68. The zero-order valence-corrected chi connectivity index (χ0v) is 6.89. The molecule has 3 heteroatoms. The molecule has 9 heavy (non-hydrogen) atoms. The summed E-state index contributed by atoms with van der Waals surface area (Å²) in [6, 6.07) is 0. The van der Waals surface area contributed by atoms with Crippen LogP contribution in [0.15, 0.2) is 0 Å². The van der Waals surface area contributed by atoms with Gasteiger partial charge in [-0.3, -0.25) is 4.48 Å². The Labute approximate surface area is 57.0 Å². The lowest BCUT2D eigenvalue weighted by molar-refractivity contribution is -0.783. The van der Waals surface area contributed by atoms with Gasteiger partial charge in [-0.25, -0.2) is 5.41 Å². The molecule has 0 unspecified atom stereocenters. The molecule has 0 rings (SSSR count). The van der Waals surface area contributed by atoms with E-state index in [1.165, 1.54) is 0 Å². The second kappa shape index (κ2) is 2.35. The molecule has 0 amide bonds. The summed E-state index contributed by atoms with van der Waals surface area (Å²) in [5, 5.41) is 7.49. The van der Waals surface area contributed by atoms with Crippen molar-refractivity contribution in [3.63, 3.8) is 0 Å². The molecule has 0 fully saturated rings. The molecule has 54 valence electrons. The fourth-order valence-electron chi connectivity index (χ4n) is 0.600. The molecule has 0 atom stereocenters. The molecule has 0 aromatic carbocycles. The van der Waals surface area contributed by atoms with Gasteiger partial charge >= 0.3 is 0 Å². The molecule has 0 radical (unpaired) electrons. The Morgan fingerprint density at radius 3 is 1.56 bits per heavy atom. The van der Waals surface area contributed by atoms with Crippen molar-refractivity contribution in [3.05, 3.63) is 0 Å². The molecule has 0 aliphatic heterocycles. The lowest BCUT2D eigenvalue weighted by atomic mass is 10.6. The van der Waals surface area contributed by atoms with Gasteiger partial charge in [-0.2, -0.15) is 0 Å². The summed E-state index contributed by atoms with van der Waals surface area (Å²) in [4.78, 5) is 1.81. The number of nitrogens with zero attached hydrogens (tertiary/aromatic N) is 2. The summed E-state index contributed by atoms with van der Waals surface area (Å²) in [7, 11) is 9.69. The smallest absolute Gasteiger partial charge is 0.296 e. The first kappa shape index (κ1) is 8.43. The van der Waals surface area contributed by atoms with E-state index >= 15 is 0 Å². The normalized spacial score (nSPS) is 11.2. The number of quaternary nitrogens is 1. The van der Waals surface area contributed by atoms with Gasteiger partial charge in [0.15, 0.2) is 0 Å². The maximum Gasteiger partial charge on any atom is 0.296 e. The van der Waals surface area contributed by atoms with Crippen molar-refractivity contribution >= 4 is 5.96 Å². The van der Waals surface area contributed by atoms with Crippen LogP contribution in [0.25, 0.3) is 0 Å². The number of hydrogen-bond donors (Lipinski definition) is 1. The van der Waals surface area contributed by atoms with E-state index < -0.39 is 0 Å². The van der Waals surface area contributed by atoms with E-state index in [1.54, 1.807) is 4.90 Å². The maximum atomic E-state index is 7.49. The fourth-order valence-corrected chi connectivity index (χ4v) is 0.600. The van der Waals surface area contributed by atoms with Crippen LogP contribution in [0.5, 0.6) is 0 Å². The Hall–Kier alpha value is -0.570. The van der Waals surface area contributed by atoms with Crippen LogP contribution in [-0.2, 0) is 0 Å². The molecule has 0 spiro atoms. The standard InChI is InChI=1S/C6H16N3/c1-8(2)6(7)9(3,4)5/h7H,1-5H3/q+1. The van der Waals surface area contributed by atoms with Gasteiger partial charge in [0.25, 0.3) is 5.96 Å². The minimum Gasteiger partial charge on any atom is -0.318 e. The Kier molecular flexibility index (Phi) is 2.20. The molecule has 3 nitrogen and oxygen atoms in total. The predicted molar refractivity (Wildman–Crippen MR) is 39.4 cm³/mol. The van der Waals surface area contributed by atoms with Crippen molar-refractivity contribution in [1.29, 1.82) is 5.41 Å². The second-order valence-corrected chi connectivity index (χ2v) is 3.23. The molecule has 0 bridgehead atoms. The van der Waals surface area contributed by atoms with Crippen molar-refractivity contribution in [2.24, 2.45) is 0 Å². The number of nitrogens with one attached hydrogen (secondary N) is 1. The van der Waals surface area contributed by atoms with E-state index in [9.17, 15) is 0 Å². The number of hydrogen-bond acceptors (Lipinski definition) is 1. The van der Waals surface area contributed by atoms with Crippen molar-refractivity contribution in [3.8, 4) is 0 Å². The van der Waals surface area contributed by atoms with Gasteiger partial charge in [-0.15, -0.1) is 0 Å². The summed E-state index contributed by atoms with van der Waals surface area (Å²) < 4.78 is 0.576. The summed E-state index contributed by atoms with van der Waals surface area (Å²) in [6.45, 7) is 0. The van der Waals surface area contributed by atoms with Crippen molar-refractivity contribution in [2.75, 3.05) is 35.2 Å². The summed E-state index contributed by atoms with van der Waals surface area (Å²) >= 11 is 0. The van der Waals surface area contributed by atoms with E-state index in [1.807, 2.05) is 35.2 Å². The van der Waals surface area contributed by atoms with Crippen molar-refractivity contribution in [2.45, 2.75) is 0 Å². The van der Waals surface area contributed by atoms with Crippen LogP contribution in [-0.4, -0.2) is 50.6 Å². The van der Waals surface area contributed by atoms with E-state index in [-0.39, 0.29) is 0 Å². The average Bonchev–Trinajstić information content (AvgIpc) is 1.62. The zero-order chi connectivity index (χ0) is 7.65. The average molecular weight is 130 g/mol. The largest absolute Gasteiger partial charge is 0.318 e. The molecule has 0 saturated heterocycles. The minimum absolute atomic E-state index is 0.576. The fraction of sp³-hybridized carbons (Fsp3) is 0.833. The molecular weight excluding hydrogens is 114 g/mol. The Bertz CT molecular complexity index is 110. The molecule has 0 aliphatic rings. The highest BCUT2D eigenvalue weighted by Crippen LogP contribution is 1.93. The Morgan fingerprint density at radius 2 is 1.56 bits per heavy atom. The lowest BCUT2D eigenvalue weighted by Crippen LogP contribution is -2.48. The van der Waals surface area contributed by atoms with Gasteiger partial charge < -0.3 is 4.90 Å². The first-order valence-electron chi connectivity index (χ1n) is 2.93. The van der Waals surface area contributed by atoms with Crippen LogP contribution in [0.2, 0.25) is 0 Å². The first-order valence-corrected chi connectivity index (χ1v) is 2.93. The SMILES string of the molecule is CN(C)C(=N)[N+](C)(C)C. The van der Waals surface area contributed by atoms with Gasteiger partial charge in [0.05, 0.1) is 21.1 Å². The molecular formula is C6H16N3+. The minimum atomic E-state index is 0.576. The predicted octanol–water partition coefficient (Wildman–Crippen LogP) is 0.189. The molecule has 0 heterocycles. The van der Waals surface area contributed by atoms with Gasteiger partial charge in [-0.05, 0) is 0 Å². The van der Waals surface area contributed by atoms with Crippen LogP contribution in [0.3, 0.4) is 0 Å². The highest BCUT2D eigenvalue weighted by atomic mass is 15.4. The van der Waals surface area contributed by atoms with Gasteiger partial charge in [0.2, 0.25) is 0 Å². The molecule has 1 N–H and O–H groups in total. The lowest BCUT2D eigenvalue weighted by Gasteiger charge is -2.27. The van der Waals surface area contributed by atoms with E-state index in [0.29, 0.717) is 10.4 Å². The summed E-state index contributed by atoms with van der Waals surface area (Å²) in [5.74, 6) is 0.606. The Morgan fingerprint density at radius 1 is 1.22 bits per heavy atom. The van der Waals surface area contributed by atoms with Crippen molar-refractivity contribution in [1.82, 2.24) is 4.90 Å². The molecule has 0 saturated carbocycles. The topological polar surface area (TPSA) is 27.1 Å². The van der Waals surface area contributed by atoms with Gasteiger partial charge in [0, 0.05) is 14.1 Å². The van der Waals surface area contributed by atoms with Crippen LogP contribution < -0.4 is 0 Å². The zero-order valence-electron chi connectivity index (χ0n) is 6.89. The first-order chi connectivity index (χ1) is 3.85. The monoisotopic (exact) mass is 130 g/mol. The van der Waals surface area contributed by atoms with E-state index in [0.717, 1.165) is 0 Å². The third kappa shape index (κ3) is 2.46. The van der Waals surface area contributed by atoms with Crippen LogP contribution in [0.1, 0.15) is 0 Å². The molecule has 0 aromatic heterocycles. The number of guanidine groups is 1. The van der Waals surface area contributed by atoms with E-state index in [4.69, 9.17) is 5.41 Å². The third-order valence-corrected chi connectivity index (χ3v) is 1.06. The van der Waals surface area contributed by atoms with Crippen LogP contribution in [0.4, 0.5) is 0 Å². The Balaban J connectivity index is 4.06. The summed E-state index contributed by atoms with van der Waals surface area (Å²) in [6.07, 6.45) is 0. The molecule has 0 aliphatic carbocycles. The van der Waals surface area contributed by atoms with Gasteiger partial charge in [0.1, 0.15) is 0 Å². The van der Waals surface area contributed by atoms with E-state index in [2.05, 4.69) is 0 Å². The maximum absolute atomic E-state index is 7.49. The quantitative estimate of drug-likeness (QED) is 0.283. The second-order valence-electron chi connectivity index (χ2n) is 3.23. The molecule has 0 aromatic rings. The van der Waals surface area contributed by atoms with Gasteiger partial charge in [-0.1, -0.05) is 0 Å². The number of rotatable bonds is 0. The summed E-state index contributed by atoms with van der Waals surface area (Å²) in [5.41, 5.74) is 0. The third-order valence-electron chi connectivity index (χ3n) is 1.06. The highest BCUT2D eigenvalue weighted by Gasteiger charge is 2.17. The van der Waals surface area contributed by atoms with Crippen LogP contribution >= 0.6 is 0 Å².